The van der Waals surface area contributed by atoms with Crippen LogP contribution in [0.4, 0.5) is 0 Å². The number of allylic oxidation sites excluding steroid dienone is 4. The molecule has 3 rings (SSSR count). The molecule has 92 valence electrons. The van der Waals surface area contributed by atoms with Gasteiger partial charge < -0.3 is 9.47 Å². The highest BCUT2D eigenvalue weighted by atomic mass is 16.5. The van der Waals surface area contributed by atoms with E-state index in [-0.39, 0.29) is 0 Å². The Labute approximate surface area is 107 Å². The van der Waals surface area contributed by atoms with Gasteiger partial charge in [0, 0.05) is 6.07 Å². The smallest absolute Gasteiger partial charge is 0.133 e. The molecular weight excluding hydrogens is 224 g/mol. The summed E-state index contributed by atoms with van der Waals surface area (Å²) in [7, 11) is 0. The lowest BCUT2D eigenvalue weighted by molar-refractivity contribution is 0.344. The molecule has 1 aromatic carbocycles. The van der Waals surface area contributed by atoms with E-state index in [0.717, 1.165) is 30.8 Å². The molecule has 0 amide bonds. The van der Waals surface area contributed by atoms with Crippen molar-refractivity contribution in [2.45, 2.75) is 19.3 Å². The van der Waals surface area contributed by atoms with E-state index in [1.54, 1.807) is 6.26 Å². The van der Waals surface area contributed by atoms with Crippen LogP contribution < -0.4 is 9.47 Å². The molecule has 1 aliphatic carbocycles. The van der Waals surface area contributed by atoms with E-state index in [2.05, 4.69) is 24.3 Å². The second-order valence-corrected chi connectivity index (χ2v) is 4.54. The molecule has 0 aromatic heterocycles. The first kappa shape index (κ1) is 11.1. The van der Waals surface area contributed by atoms with Crippen LogP contribution in [0.3, 0.4) is 0 Å². The molecule has 18 heavy (non-hydrogen) atoms. The summed E-state index contributed by atoms with van der Waals surface area (Å²) < 4.78 is 11.3. The van der Waals surface area contributed by atoms with Crippen molar-refractivity contribution < 1.29 is 9.47 Å². The van der Waals surface area contributed by atoms with Crippen molar-refractivity contribution >= 4 is 0 Å². The molecule has 0 unspecified atom stereocenters. The van der Waals surface area contributed by atoms with E-state index in [9.17, 15) is 0 Å². The average Bonchev–Trinajstić information content (AvgIpc) is 2.46. The van der Waals surface area contributed by atoms with Crippen LogP contribution in [0.2, 0.25) is 0 Å². The summed E-state index contributed by atoms with van der Waals surface area (Å²) in [5, 5.41) is 0. The minimum absolute atomic E-state index is 0.666. The summed E-state index contributed by atoms with van der Waals surface area (Å²) in [4.78, 5) is 0. The first-order chi connectivity index (χ1) is 8.92. The van der Waals surface area contributed by atoms with E-state index in [0.29, 0.717) is 6.61 Å². The predicted molar refractivity (Wildman–Crippen MR) is 71.9 cm³/mol. The molecule has 0 atom stereocenters. The summed E-state index contributed by atoms with van der Waals surface area (Å²) in [6.45, 7) is 0.666. The van der Waals surface area contributed by atoms with E-state index in [1.165, 1.54) is 11.1 Å². The van der Waals surface area contributed by atoms with Crippen LogP contribution in [0.5, 0.6) is 11.5 Å². The third-order valence-electron chi connectivity index (χ3n) is 3.19. The van der Waals surface area contributed by atoms with Crippen LogP contribution in [0, 0.1) is 0 Å². The number of benzene rings is 1. The standard InChI is InChI=1S/C16H16O2/c1-2-5-13(6-3-1)12-18-15-9-8-14-7-4-10-17-16(14)11-15/h1-2,4-5,8-11H,3,6-7,12H2. The van der Waals surface area contributed by atoms with E-state index < -0.39 is 0 Å². The van der Waals surface area contributed by atoms with Gasteiger partial charge in [0.2, 0.25) is 0 Å². The molecule has 0 spiro atoms. The Morgan fingerprint density at radius 1 is 1.22 bits per heavy atom. The maximum Gasteiger partial charge on any atom is 0.133 e. The Kier molecular flexibility index (Phi) is 3.18. The lowest BCUT2D eigenvalue weighted by atomic mass is 10.1. The molecule has 0 saturated heterocycles. The zero-order chi connectivity index (χ0) is 12.2. The van der Waals surface area contributed by atoms with Crippen molar-refractivity contribution in [3.05, 3.63) is 59.9 Å². The molecule has 2 aliphatic rings. The van der Waals surface area contributed by atoms with Crippen LogP contribution in [0.25, 0.3) is 0 Å². The third-order valence-corrected chi connectivity index (χ3v) is 3.19. The van der Waals surface area contributed by atoms with Gasteiger partial charge in [0.15, 0.2) is 0 Å². The Morgan fingerprint density at radius 2 is 2.22 bits per heavy atom. The average molecular weight is 240 g/mol. The van der Waals surface area contributed by atoms with E-state index >= 15 is 0 Å². The van der Waals surface area contributed by atoms with Crippen LogP contribution in [-0.4, -0.2) is 6.61 Å². The fourth-order valence-corrected chi connectivity index (χ4v) is 2.15. The normalized spacial score (nSPS) is 16.8. The predicted octanol–water partition coefficient (Wildman–Crippen LogP) is 3.79. The number of ether oxygens (including phenoxy) is 2. The Balaban J connectivity index is 1.66. The maximum absolute atomic E-state index is 5.81. The lowest BCUT2D eigenvalue weighted by Crippen LogP contribution is -2.03. The van der Waals surface area contributed by atoms with Crippen molar-refractivity contribution in [2.24, 2.45) is 0 Å². The van der Waals surface area contributed by atoms with Gasteiger partial charge in [0.1, 0.15) is 18.1 Å². The van der Waals surface area contributed by atoms with Crippen molar-refractivity contribution in [1.29, 1.82) is 0 Å². The second kappa shape index (κ2) is 5.13. The van der Waals surface area contributed by atoms with Crippen molar-refractivity contribution in [2.75, 3.05) is 6.61 Å². The summed E-state index contributed by atoms with van der Waals surface area (Å²) in [6.07, 6.45) is 13.3. The Bertz CT molecular complexity index is 524. The van der Waals surface area contributed by atoms with Gasteiger partial charge in [-0.2, -0.15) is 0 Å². The minimum Gasteiger partial charge on any atom is -0.489 e. The SMILES string of the molecule is C1=CCCC(COc2ccc3c(c2)OC=CC3)=C1. The molecule has 0 saturated carbocycles. The second-order valence-electron chi connectivity index (χ2n) is 4.54. The molecule has 1 aromatic rings. The summed E-state index contributed by atoms with van der Waals surface area (Å²) in [5.41, 5.74) is 2.56. The van der Waals surface area contributed by atoms with Gasteiger partial charge in [0.25, 0.3) is 0 Å². The molecular formula is C16H16O2. The van der Waals surface area contributed by atoms with Crippen LogP contribution in [0.15, 0.2) is 54.3 Å². The molecule has 0 N–H and O–H groups in total. The van der Waals surface area contributed by atoms with E-state index in [1.807, 2.05) is 18.2 Å². The van der Waals surface area contributed by atoms with Gasteiger partial charge in [-0.15, -0.1) is 0 Å². The number of rotatable bonds is 3. The fraction of sp³-hybridized carbons (Fsp3) is 0.250. The van der Waals surface area contributed by atoms with Crippen LogP contribution >= 0.6 is 0 Å². The van der Waals surface area contributed by atoms with Gasteiger partial charge in [-0.25, -0.2) is 0 Å². The molecule has 2 heteroatoms. The monoisotopic (exact) mass is 240 g/mol. The zero-order valence-corrected chi connectivity index (χ0v) is 10.3. The van der Waals surface area contributed by atoms with Gasteiger partial charge in [0.05, 0.1) is 6.26 Å². The molecule has 0 radical (unpaired) electrons. The maximum atomic E-state index is 5.81. The number of hydrogen-bond acceptors (Lipinski definition) is 2. The zero-order valence-electron chi connectivity index (χ0n) is 10.3. The summed E-state index contributed by atoms with van der Waals surface area (Å²) >= 11 is 0. The first-order valence-electron chi connectivity index (χ1n) is 6.34. The largest absolute Gasteiger partial charge is 0.489 e. The minimum atomic E-state index is 0.666. The van der Waals surface area contributed by atoms with Crippen molar-refractivity contribution in [3.63, 3.8) is 0 Å². The molecule has 0 bridgehead atoms. The third kappa shape index (κ3) is 2.48. The quantitative estimate of drug-likeness (QED) is 0.800. The highest BCUT2D eigenvalue weighted by Gasteiger charge is 2.08. The molecule has 2 nitrogen and oxygen atoms in total. The Hall–Kier alpha value is -1.96. The number of fused-ring (bicyclic) bond motifs is 1. The van der Waals surface area contributed by atoms with Gasteiger partial charge in [-0.3, -0.25) is 0 Å². The first-order valence-corrected chi connectivity index (χ1v) is 6.34. The highest BCUT2D eigenvalue weighted by Crippen LogP contribution is 2.28. The molecule has 0 fully saturated rings. The topological polar surface area (TPSA) is 18.5 Å². The van der Waals surface area contributed by atoms with Gasteiger partial charge >= 0.3 is 0 Å². The van der Waals surface area contributed by atoms with Crippen LogP contribution in [-0.2, 0) is 6.42 Å². The lowest BCUT2D eigenvalue weighted by Gasteiger charge is -2.15. The fourth-order valence-electron chi connectivity index (χ4n) is 2.15. The number of hydrogen-bond donors (Lipinski definition) is 0. The molecule has 1 aliphatic heterocycles. The van der Waals surface area contributed by atoms with Crippen molar-refractivity contribution in [3.8, 4) is 11.5 Å². The van der Waals surface area contributed by atoms with Crippen molar-refractivity contribution in [1.82, 2.24) is 0 Å². The van der Waals surface area contributed by atoms with Gasteiger partial charge in [-0.1, -0.05) is 24.3 Å². The Morgan fingerprint density at radius 3 is 3.11 bits per heavy atom. The van der Waals surface area contributed by atoms with E-state index in [4.69, 9.17) is 9.47 Å². The highest BCUT2D eigenvalue weighted by molar-refractivity contribution is 5.43. The summed E-state index contributed by atoms with van der Waals surface area (Å²) in [5.74, 6) is 1.78. The molecule has 1 heterocycles. The summed E-state index contributed by atoms with van der Waals surface area (Å²) in [6, 6.07) is 6.06. The van der Waals surface area contributed by atoms with Gasteiger partial charge in [-0.05, 0) is 42.5 Å². The van der Waals surface area contributed by atoms with Crippen LogP contribution in [0.1, 0.15) is 18.4 Å².